The van der Waals surface area contributed by atoms with Crippen molar-refractivity contribution in [3.05, 3.63) is 47.6 Å². The third-order valence-electron chi connectivity index (χ3n) is 4.70. The molecule has 0 amide bonds. The molecule has 3 nitrogen and oxygen atoms in total. The number of thiazole rings is 1. The summed E-state index contributed by atoms with van der Waals surface area (Å²) in [5, 5.41) is 1.25. The fraction of sp³-hybridized carbons (Fsp3) is 0.368. The number of pyridine rings is 1. The third-order valence-corrected chi connectivity index (χ3v) is 5.77. The van der Waals surface area contributed by atoms with Gasteiger partial charge in [-0.25, -0.2) is 4.98 Å². The first kappa shape index (κ1) is 14.8. The van der Waals surface area contributed by atoms with Crippen LogP contribution in [0, 0.1) is 0 Å². The number of benzene rings is 1. The van der Waals surface area contributed by atoms with Crippen molar-refractivity contribution in [2.45, 2.75) is 32.2 Å². The van der Waals surface area contributed by atoms with Crippen LogP contribution in [0.25, 0.3) is 21.5 Å². The van der Waals surface area contributed by atoms with Gasteiger partial charge >= 0.3 is 0 Å². The summed E-state index contributed by atoms with van der Waals surface area (Å²) in [6.07, 6.45) is 5.58. The van der Waals surface area contributed by atoms with E-state index in [9.17, 15) is 0 Å². The van der Waals surface area contributed by atoms with Crippen molar-refractivity contribution in [1.29, 1.82) is 0 Å². The first-order valence-corrected chi connectivity index (χ1v) is 9.16. The minimum Gasteiger partial charge on any atom is -0.300 e. The van der Waals surface area contributed by atoms with Crippen molar-refractivity contribution in [2.24, 2.45) is 0 Å². The molecule has 4 rings (SSSR count). The van der Waals surface area contributed by atoms with Crippen LogP contribution in [0.4, 0.5) is 0 Å². The maximum Gasteiger partial charge on any atom is 0.0951 e. The molecule has 1 atom stereocenters. The van der Waals surface area contributed by atoms with Gasteiger partial charge in [0.25, 0.3) is 0 Å². The standard InChI is InChI=1S/C19H21N3S/c1-14-5-4-11-22(14)12-9-19-21-17-8-7-15(13-18(17)23-19)16-6-2-3-10-20-16/h2-3,6-8,10,13-14H,4-5,9,11-12H2,1H3/t14-/m1/s1. The van der Waals surface area contributed by atoms with Gasteiger partial charge < -0.3 is 4.90 Å². The molecule has 3 heterocycles. The summed E-state index contributed by atoms with van der Waals surface area (Å²) in [5.74, 6) is 0. The summed E-state index contributed by atoms with van der Waals surface area (Å²) < 4.78 is 1.26. The van der Waals surface area contributed by atoms with Gasteiger partial charge in [-0.05, 0) is 50.6 Å². The lowest BCUT2D eigenvalue weighted by molar-refractivity contribution is 0.272. The van der Waals surface area contributed by atoms with Crippen molar-refractivity contribution in [3.8, 4) is 11.3 Å². The van der Waals surface area contributed by atoms with Crippen LogP contribution in [0.3, 0.4) is 0 Å². The number of rotatable bonds is 4. The number of hydrogen-bond acceptors (Lipinski definition) is 4. The molecule has 4 heteroatoms. The van der Waals surface area contributed by atoms with Crippen LogP contribution in [-0.4, -0.2) is 34.0 Å². The molecule has 23 heavy (non-hydrogen) atoms. The highest BCUT2D eigenvalue weighted by Gasteiger charge is 2.20. The molecule has 0 radical (unpaired) electrons. The zero-order valence-corrected chi connectivity index (χ0v) is 14.2. The van der Waals surface area contributed by atoms with E-state index in [0.29, 0.717) is 0 Å². The molecular formula is C19H21N3S. The SMILES string of the molecule is C[C@@H]1CCCN1CCc1nc2ccc(-c3ccccn3)cc2s1. The quantitative estimate of drug-likeness (QED) is 0.713. The zero-order chi connectivity index (χ0) is 15.6. The smallest absolute Gasteiger partial charge is 0.0951 e. The Balaban J connectivity index is 1.54. The van der Waals surface area contributed by atoms with Crippen LogP contribution in [-0.2, 0) is 6.42 Å². The maximum absolute atomic E-state index is 4.80. The van der Waals surface area contributed by atoms with Gasteiger partial charge in [-0.2, -0.15) is 0 Å². The molecule has 1 aliphatic heterocycles. The molecule has 0 aliphatic carbocycles. The lowest BCUT2D eigenvalue weighted by Gasteiger charge is -2.19. The highest BCUT2D eigenvalue weighted by molar-refractivity contribution is 7.18. The molecule has 1 aromatic carbocycles. The first-order valence-electron chi connectivity index (χ1n) is 8.34. The van der Waals surface area contributed by atoms with Crippen molar-refractivity contribution in [2.75, 3.05) is 13.1 Å². The van der Waals surface area contributed by atoms with E-state index in [4.69, 9.17) is 4.98 Å². The highest BCUT2D eigenvalue weighted by Crippen LogP contribution is 2.28. The lowest BCUT2D eigenvalue weighted by atomic mass is 10.1. The van der Waals surface area contributed by atoms with E-state index in [2.05, 4.69) is 41.1 Å². The number of nitrogens with zero attached hydrogens (tertiary/aromatic N) is 3. The molecule has 1 saturated heterocycles. The maximum atomic E-state index is 4.80. The van der Waals surface area contributed by atoms with Crippen LogP contribution in [0.2, 0.25) is 0 Å². The topological polar surface area (TPSA) is 29.0 Å². The Kier molecular flexibility index (Phi) is 4.10. The zero-order valence-electron chi connectivity index (χ0n) is 13.4. The highest BCUT2D eigenvalue weighted by atomic mass is 32.1. The van der Waals surface area contributed by atoms with E-state index in [0.717, 1.165) is 30.2 Å². The van der Waals surface area contributed by atoms with Crippen LogP contribution < -0.4 is 0 Å². The number of likely N-dealkylation sites (tertiary alicyclic amines) is 1. The molecule has 1 aliphatic rings. The summed E-state index contributed by atoms with van der Waals surface area (Å²) in [6.45, 7) is 4.72. The number of aromatic nitrogens is 2. The average molecular weight is 323 g/mol. The Bertz CT molecular complexity index is 797. The second-order valence-electron chi connectivity index (χ2n) is 6.28. The van der Waals surface area contributed by atoms with E-state index in [1.165, 1.54) is 34.7 Å². The van der Waals surface area contributed by atoms with Crippen LogP contribution in [0.5, 0.6) is 0 Å². The largest absolute Gasteiger partial charge is 0.300 e. The molecule has 118 valence electrons. The minimum atomic E-state index is 0.736. The summed E-state index contributed by atoms with van der Waals surface area (Å²) in [7, 11) is 0. The van der Waals surface area contributed by atoms with Gasteiger partial charge in [0, 0.05) is 30.8 Å². The normalized spacial score (nSPS) is 18.7. The predicted molar refractivity (Wildman–Crippen MR) is 96.8 cm³/mol. The minimum absolute atomic E-state index is 0.736. The third kappa shape index (κ3) is 3.14. The second-order valence-corrected chi connectivity index (χ2v) is 7.40. The molecular weight excluding hydrogens is 302 g/mol. The summed E-state index contributed by atoms with van der Waals surface area (Å²) in [5.41, 5.74) is 3.30. The molecule has 0 bridgehead atoms. The van der Waals surface area contributed by atoms with Gasteiger partial charge in [0.2, 0.25) is 0 Å². The van der Waals surface area contributed by atoms with Crippen molar-refractivity contribution < 1.29 is 0 Å². The van der Waals surface area contributed by atoms with Gasteiger partial charge in [-0.15, -0.1) is 11.3 Å². The monoisotopic (exact) mass is 323 g/mol. The average Bonchev–Trinajstić information content (AvgIpc) is 3.18. The van der Waals surface area contributed by atoms with Gasteiger partial charge in [-0.3, -0.25) is 4.98 Å². The lowest BCUT2D eigenvalue weighted by Crippen LogP contribution is -2.28. The molecule has 2 aromatic heterocycles. The van der Waals surface area contributed by atoms with Gasteiger partial charge in [0.15, 0.2) is 0 Å². The number of fused-ring (bicyclic) bond motifs is 1. The van der Waals surface area contributed by atoms with Crippen LogP contribution in [0.15, 0.2) is 42.6 Å². The van der Waals surface area contributed by atoms with Crippen molar-refractivity contribution in [3.63, 3.8) is 0 Å². The second kappa shape index (κ2) is 6.38. The Morgan fingerprint density at radius 1 is 1.26 bits per heavy atom. The van der Waals surface area contributed by atoms with Crippen molar-refractivity contribution in [1.82, 2.24) is 14.9 Å². The number of hydrogen-bond donors (Lipinski definition) is 0. The molecule has 3 aromatic rings. The summed E-state index contributed by atoms with van der Waals surface area (Å²) in [6, 6.07) is 13.2. The van der Waals surface area contributed by atoms with Gasteiger partial charge in [0.05, 0.1) is 20.9 Å². The Labute approximate surface area is 141 Å². The van der Waals surface area contributed by atoms with Crippen molar-refractivity contribution >= 4 is 21.6 Å². The van der Waals surface area contributed by atoms with E-state index < -0.39 is 0 Å². The van der Waals surface area contributed by atoms with Crippen LogP contribution >= 0.6 is 11.3 Å². The van der Waals surface area contributed by atoms with Gasteiger partial charge in [-0.1, -0.05) is 12.1 Å². The van der Waals surface area contributed by atoms with E-state index in [1.54, 1.807) is 0 Å². The Morgan fingerprint density at radius 2 is 2.22 bits per heavy atom. The van der Waals surface area contributed by atoms with E-state index in [1.807, 2.05) is 29.7 Å². The Hall–Kier alpha value is -1.78. The molecule has 1 fully saturated rings. The first-order chi connectivity index (χ1) is 11.3. The molecule has 0 spiro atoms. The summed E-state index contributed by atoms with van der Waals surface area (Å²) >= 11 is 1.83. The van der Waals surface area contributed by atoms with Gasteiger partial charge in [0.1, 0.15) is 0 Å². The fourth-order valence-electron chi connectivity index (χ4n) is 3.34. The predicted octanol–water partition coefficient (Wildman–Crippen LogP) is 4.39. The fourth-order valence-corrected chi connectivity index (χ4v) is 4.33. The van der Waals surface area contributed by atoms with Crippen LogP contribution in [0.1, 0.15) is 24.8 Å². The Morgan fingerprint density at radius 3 is 3.00 bits per heavy atom. The molecule has 0 N–H and O–H groups in total. The molecule has 0 unspecified atom stereocenters. The molecule has 0 saturated carbocycles. The van der Waals surface area contributed by atoms with E-state index >= 15 is 0 Å². The van der Waals surface area contributed by atoms with E-state index in [-0.39, 0.29) is 0 Å². The summed E-state index contributed by atoms with van der Waals surface area (Å²) in [4.78, 5) is 11.8.